The lowest BCUT2D eigenvalue weighted by atomic mass is 9.74. The summed E-state index contributed by atoms with van der Waals surface area (Å²) in [6.45, 7) is 9.82. The zero-order valence-electron chi connectivity index (χ0n) is 16.5. The third kappa shape index (κ3) is 7.22. The number of ether oxygens (including phenoxy) is 1. The van der Waals surface area contributed by atoms with Crippen molar-refractivity contribution in [2.24, 2.45) is 11.3 Å². The number of hydrogen-bond acceptors (Lipinski definition) is 4. The molecule has 0 heterocycles. The Labute approximate surface area is 152 Å². The van der Waals surface area contributed by atoms with Gasteiger partial charge in [-0.3, -0.25) is 4.79 Å². The lowest BCUT2D eigenvalue weighted by molar-refractivity contribution is -0.125. The van der Waals surface area contributed by atoms with Gasteiger partial charge < -0.3 is 20.5 Å². The Morgan fingerprint density at radius 2 is 1.80 bits per heavy atom. The van der Waals surface area contributed by atoms with Crippen molar-refractivity contribution in [3.8, 4) is 0 Å². The van der Waals surface area contributed by atoms with Crippen LogP contribution in [0.25, 0.3) is 0 Å². The van der Waals surface area contributed by atoms with Gasteiger partial charge in [-0.2, -0.15) is 0 Å². The fraction of sp³-hybridized carbons (Fsp3) is 0.895. The third-order valence-electron chi connectivity index (χ3n) is 5.05. The zero-order valence-corrected chi connectivity index (χ0v) is 16.5. The number of alkyl carbamates (subject to hydrolysis) is 1. The molecule has 146 valence electrons. The van der Waals surface area contributed by atoms with Gasteiger partial charge in [-0.1, -0.05) is 39.5 Å². The number of aliphatic hydroxyl groups is 1. The fourth-order valence-corrected chi connectivity index (χ4v) is 3.21. The summed E-state index contributed by atoms with van der Waals surface area (Å²) in [5, 5.41) is 15.4. The van der Waals surface area contributed by atoms with Crippen LogP contribution in [0, 0.1) is 11.3 Å². The Bertz CT molecular complexity index is 439. The van der Waals surface area contributed by atoms with Crippen molar-refractivity contribution in [2.45, 2.75) is 84.8 Å². The standard InChI is InChI=1S/C19H36N2O4/c1-6-14(2)15(21-17(24)25-18(3,4)5)16(23)20-12-19(13-22)10-8-7-9-11-19/h14-15,22H,6-13H2,1-5H3,(H,20,23)(H,21,24). The first kappa shape index (κ1) is 21.7. The van der Waals surface area contributed by atoms with Crippen molar-refractivity contribution in [3.63, 3.8) is 0 Å². The van der Waals surface area contributed by atoms with E-state index in [0.717, 1.165) is 32.1 Å². The molecule has 0 bridgehead atoms. The van der Waals surface area contributed by atoms with Crippen LogP contribution in [0.2, 0.25) is 0 Å². The number of aliphatic hydroxyl groups excluding tert-OH is 1. The maximum absolute atomic E-state index is 12.7. The minimum atomic E-state index is -0.640. The summed E-state index contributed by atoms with van der Waals surface area (Å²) in [6.07, 6.45) is 5.39. The van der Waals surface area contributed by atoms with Crippen LogP contribution >= 0.6 is 0 Å². The molecular formula is C19H36N2O4. The van der Waals surface area contributed by atoms with Crippen LogP contribution in [0.5, 0.6) is 0 Å². The second-order valence-corrected chi connectivity index (χ2v) is 8.45. The number of hydrogen-bond donors (Lipinski definition) is 3. The van der Waals surface area contributed by atoms with E-state index in [-0.39, 0.29) is 23.8 Å². The maximum atomic E-state index is 12.7. The molecule has 6 nitrogen and oxygen atoms in total. The van der Waals surface area contributed by atoms with Gasteiger partial charge in [-0.25, -0.2) is 4.79 Å². The smallest absolute Gasteiger partial charge is 0.408 e. The minimum Gasteiger partial charge on any atom is -0.444 e. The van der Waals surface area contributed by atoms with Gasteiger partial charge in [0.15, 0.2) is 0 Å². The first-order chi connectivity index (χ1) is 11.6. The van der Waals surface area contributed by atoms with E-state index in [0.29, 0.717) is 6.54 Å². The van der Waals surface area contributed by atoms with Crippen LogP contribution in [-0.2, 0) is 9.53 Å². The molecule has 1 aliphatic rings. The topological polar surface area (TPSA) is 87.7 Å². The van der Waals surface area contributed by atoms with E-state index in [4.69, 9.17) is 4.74 Å². The van der Waals surface area contributed by atoms with Gasteiger partial charge in [0.2, 0.25) is 5.91 Å². The maximum Gasteiger partial charge on any atom is 0.408 e. The largest absolute Gasteiger partial charge is 0.444 e. The summed E-state index contributed by atoms with van der Waals surface area (Å²) >= 11 is 0. The van der Waals surface area contributed by atoms with E-state index < -0.39 is 17.7 Å². The highest BCUT2D eigenvalue weighted by atomic mass is 16.6. The van der Waals surface area contributed by atoms with Crippen molar-refractivity contribution >= 4 is 12.0 Å². The Kier molecular flexibility index (Phi) is 8.19. The second-order valence-electron chi connectivity index (χ2n) is 8.45. The van der Waals surface area contributed by atoms with Gasteiger partial charge >= 0.3 is 6.09 Å². The summed E-state index contributed by atoms with van der Waals surface area (Å²) in [5.74, 6) is -0.220. The van der Waals surface area contributed by atoms with E-state index in [9.17, 15) is 14.7 Å². The van der Waals surface area contributed by atoms with Crippen molar-refractivity contribution in [1.82, 2.24) is 10.6 Å². The molecule has 1 saturated carbocycles. The Morgan fingerprint density at radius 1 is 1.20 bits per heavy atom. The zero-order chi connectivity index (χ0) is 19.1. The quantitative estimate of drug-likeness (QED) is 0.654. The molecule has 2 amide bonds. The summed E-state index contributed by atoms with van der Waals surface area (Å²) in [5.41, 5.74) is -0.830. The number of carbonyl (C=O) groups excluding carboxylic acids is 2. The van der Waals surface area contributed by atoms with Crippen LogP contribution in [0.4, 0.5) is 4.79 Å². The van der Waals surface area contributed by atoms with Gasteiger partial charge in [0, 0.05) is 12.0 Å². The number of amides is 2. The molecule has 1 rings (SSSR count). The Balaban J connectivity index is 2.68. The van der Waals surface area contributed by atoms with Gasteiger partial charge in [-0.05, 0) is 39.5 Å². The van der Waals surface area contributed by atoms with E-state index in [1.54, 1.807) is 20.8 Å². The average Bonchev–Trinajstić information content (AvgIpc) is 2.56. The van der Waals surface area contributed by atoms with E-state index >= 15 is 0 Å². The second kappa shape index (κ2) is 9.41. The fourth-order valence-electron chi connectivity index (χ4n) is 3.21. The summed E-state index contributed by atoms with van der Waals surface area (Å²) < 4.78 is 5.28. The number of rotatable bonds is 7. The van der Waals surface area contributed by atoms with Crippen molar-refractivity contribution < 1.29 is 19.4 Å². The molecule has 3 N–H and O–H groups in total. The molecule has 1 fully saturated rings. The van der Waals surface area contributed by atoms with Crippen LogP contribution in [0.15, 0.2) is 0 Å². The highest BCUT2D eigenvalue weighted by Gasteiger charge is 2.34. The molecule has 2 atom stereocenters. The Morgan fingerprint density at radius 3 is 2.28 bits per heavy atom. The van der Waals surface area contributed by atoms with Crippen LogP contribution in [0.1, 0.15) is 73.1 Å². The molecule has 0 aromatic carbocycles. The summed E-state index contributed by atoms with van der Waals surface area (Å²) in [7, 11) is 0. The normalized spacial score (nSPS) is 19.6. The molecule has 0 radical (unpaired) electrons. The van der Waals surface area contributed by atoms with Crippen LogP contribution in [-0.4, -0.2) is 41.9 Å². The first-order valence-corrected chi connectivity index (χ1v) is 9.50. The van der Waals surface area contributed by atoms with Crippen molar-refractivity contribution in [1.29, 1.82) is 0 Å². The molecule has 0 aromatic rings. The van der Waals surface area contributed by atoms with Gasteiger partial charge in [0.05, 0.1) is 6.61 Å². The molecule has 0 spiro atoms. The molecular weight excluding hydrogens is 320 g/mol. The molecule has 1 aliphatic carbocycles. The van der Waals surface area contributed by atoms with Crippen molar-refractivity contribution in [2.75, 3.05) is 13.2 Å². The third-order valence-corrected chi connectivity index (χ3v) is 5.05. The lowest BCUT2D eigenvalue weighted by Crippen LogP contribution is -2.53. The average molecular weight is 357 g/mol. The molecule has 0 aliphatic heterocycles. The Hall–Kier alpha value is -1.30. The highest BCUT2D eigenvalue weighted by Crippen LogP contribution is 2.35. The molecule has 2 unspecified atom stereocenters. The van der Waals surface area contributed by atoms with E-state index in [2.05, 4.69) is 10.6 Å². The SMILES string of the molecule is CCC(C)C(NC(=O)OC(C)(C)C)C(=O)NCC1(CO)CCCCC1. The number of nitrogens with one attached hydrogen (secondary N) is 2. The summed E-state index contributed by atoms with van der Waals surface area (Å²) in [4.78, 5) is 24.7. The van der Waals surface area contributed by atoms with Gasteiger partial charge in [0.25, 0.3) is 0 Å². The van der Waals surface area contributed by atoms with Crippen LogP contribution in [0.3, 0.4) is 0 Å². The predicted molar refractivity (Wildman–Crippen MR) is 98.2 cm³/mol. The predicted octanol–water partition coefficient (Wildman–Crippen LogP) is 2.98. The molecule has 6 heteroatoms. The van der Waals surface area contributed by atoms with Gasteiger partial charge in [-0.15, -0.1) is 0 Å². The molecule has 0 saturated heterocycles. The molecule has 25 heavy (non-hydrogen) atoms. The minimum absolute atomic E-state index is 0.0102. The monoisotopic (exact) mass is 356 g/mol. The first-order valence-electron chi connectivity index (χ1n) is 9.50. The highest BCUT2D eigenvalue weighted by molar-refractivity contribution is 5.86. The van der Waals surface area contributed by atoms with Crippen LogP contribution < -0.4 is 10.6 Å². The van der Waals surface area contributed by atoms with E-state index in [1.165, 1.54) is 6.42 Å². The molecule has 0 aromatic heterocycles. The van der Waals surface area contributed by atoms with Crippen molar-refractivity contribution in [3.05, 3.63) is 0 Å². The summed E-state index contributed by atoms with van der Waals surface area (Å²) in [6, 6.07) is -0.640. The lowest BCUT2D eigenvalue weighted by Gasteiger charge is -2.36. The van der Waals surface area contributed by atoms with E-state index in [1.807, 2.05) is 13.8 Å². The number of carbonyl (C=O) groups is 2. The van der Waals surface area contributed by atoms with Gasteiger partial charge in [0.1, 0.15) is 11.6 Å².